The average molecular weight is 506 g/mol. The Morgan fingerprint density at radius 1 is 1.12 bits per heavy atom. The maximum Gasteiger partial charge on any atom is 0.271 e. The maximum absolute atomic E-state index is 13.3. The largest absolute Gasteiger partial charge is 0.347 e. The van der Waals surface area contributed by atoms with E-state index < -0.39 is 5.82 Å². The number of hydrogen-bond donors (Lipinski definition) is 1. The Balaban J connectivity index is 1.28. The van der Waals surface area contributed by atoms with Crippen LogP contribution in [0.25, 0.3) is 0 Å². The number of nitrogens with zero attached hydrogens (tertiary/aromatic N) is 2. The second-order valence-electron chi connectivity index (χ2n) is 7.93. The van der Waals surface area contributed by atoms with Gasteiger partial charge < -0.3 is 10.2 Å². The molecule has 0 unspecified atom stereocenters. The van der Waals surface area contributed by atoms with E-state index in [9.17, 15) is 14.0 Å². The van der Waals surface area contributed by atoms with Crippen molar-refractivity contribution >= 4 is 46.4 Å². The molecule has 5 nitrogen and oxygen atoms in total. The van der Waals surface area contributed by atoms with Gasteiger partial charge in [0.1, 0.15) is 11.5 Å². The molecule has 1 aliphatic rings. The van der Waals surface area contributed by atoms with Crippen molar-refractivity contribution in [1.82, 2.24) is 15.2 Å². The lowest BCUT2D eigenvalue weighted by Gasteiger charge is -2.31. The van der Waals surface area contributed by atoms with E-state index in [0.29, 0.717) is 35.8 Å². The van der Waals surface area contributed by atoms with Gasteiger partial charge in [-0.3, -0.25) is 9.59 Å². The third-order valence-electron chi connectivity index (χ3n) is 5.69. The minimum Gasteiger partial charge on any atom is -0.347 e. The van der Waals surface area contributed by atoms with Crippen molar-refractivity contribution in [2.24, 2.45) is 0 Å². The van der Waals surface area contributed by atoms with Crippen LogP contribution in [0.5, 0.6) is 0 Å². The minimum atomic E-state index is -0.493. The first-order valence-corrected chi connectivity index (χ1v) is 12.2. The Labute approximate surface area is 205 Å². The van der Waals surface area contributed by atoms with Crippen LogP contribution in [0.15, 0.2) is 47.8 Å². The summed E-state index contributed by atoms with van der Waals surface area (Å²) in [5.41, 5.74) is 1.91. The van der Waals surface area contributed by atoms with Crippen LogP contribution in [-0.2, 0) is 17.8 Å². The number of carbonyl (C=O) groups excluding carboxylic acids is 2. The summed E-state index contributed by atoms with van der Waals surface area (Å²) in [5.74, 6) is -0.490. The Morgan fingerprint density at radius 2 is 1.88 bits per heavy atom. The van der Waals surface area contributed by atoms with Gasteiger partial charge in [-0.1, -0.05) is 47.5 Å². The first-order valence-electron chi connectivity index (χ1n) is 10.6. The summed E-state index contributed by atoms with van der Waals surface area (Å²) in [5, 5.41) is 6.07. The maximum atomic E-state index is 13.3. The van der Waals surface area contributed by atoms with Gasteiger partial charge in [0.25, 0.3) is 5.91 Å². The number of nitrogens with one attached hydrogen (secondary N) is 1. The number of amides is 2. The summed E-state index contributed by atoms with van der Waals surface area (Å²) in [6.45, 7) is 1.54. The lowest BCUT2D eigenvalue weighted by atomic mass is 9.97. The van der Waals surface area contributed by atoms with Gasteiger partial charge in [0, 0.05) is 36.0 Å². The molecule has 0 saturated carbocycles. The van der Waals surface area contributed by atoms with Crippen molar-refractivity contribution in [3.8, 4) is 0 Å². The zero-order chi connectivity index (χ0) is 23.4. The van der Waals surface area contributed by atoms with E-state index in [1.807, 2.05) is 23.1 Å². The third-order valence-corrected chi connectivity index (χ3v) is 7.35. The fourth-order valence-electron chi connectivity index (χ4n) is 3.79. The zero-order valence-corrected chi connectivity index (χ0v) is 20.0. The van der Waals surface area contributed by atoms with Crippen molar-refractivity contribution < 1.29 is 14.0 Å². The van der Waals surface area contributed by atoms with E-state index >= 15 is 0 Å². The smallest absolute Gasteiger partial charge is 0.271 e. The minimum absolute atomic E-state index is 0.0226. The molecule has 0 bridgehead atoms. The molecule has 0 radical (unpaired) electrons. The molecule has 1 saturated heterocycles. The second-order valence-corrected chi connectivity index (χ2v) is 9.63. The van der Waals surface area contributed by atoms with E-state index in [1.165, 1.54) is 23.5 Å². The van der Waals surface area contributed by atoms with Crippen LogP contribution in [0.2, 0.25) is 10.0 Å². The van der Waals surface area contributed by atoms with Gasteiger partial charge >= 0.3 is 0 Å². The number of thiazole rings is 1. The summed E-state index contributed by atoms with van der Waals surface area (Å²) in [7, 11) is 0. The number of hydrogen-bond acceptors (Lipinski definition) is 4. The van der Waals surface area contributed by atoms with Crippen LogP contribution in [-0.4, -0.2) is 34.8 Å². The SMILES string of the molecule is O=C(NCc1ccc(F)c(Cl)c1)c1csc(C2CCN(C(=O)Cc3ccccc3Cl)CC2)n1. The van der Waals surface area contributed by atoms with Crippen molar-refractivity contribution in [2.45, 2.75) is 31.7 Å². The highest BCUT2D eigenvalue weighted by molar-refractivity contribution is 7.09. The third kappa shape index (κ3) is 5.91. The van der Waals surface area contributed by atoms with Crippen molar-refractivity contribution in [1.29, 1.82) is 0 Å². The highest BCUT2D eigenvalue weighted by Gasteiger charge is 2.26. The fraction of sp³-hybridized carbons (Fsp3) is 0.292. The fourth-order valence-corrected chi connectivity index (χ4v) is 5.17. The molecular formula is C24H22Cl2FN3O2S. The molecule has 2 aromatic carbocycles. The molecule has 0 atom stereocenters. The number of aromatic nitrogens is 1. The van der Waals surface area contributed by atoms with Gasteiger partial charge in [-0.25, -0.2) is 9.37 Å². The molecule has 172 valence electrons. The molecule has 0 spiro atoms. The Bertz CT molecular complexity index is 1160. The predicted molar refractivity (Wildman–Crippen MR) is 128 cm³/mol. The van der Waals surface area contributed by atoms with Crippen molar-refractivity contribution in [3.63, 3.8) is 0 Å². The molecule has 2 amide bonds. The van der Waals surface area contributed by atoms with Crippen LogP contribution < -0.4 is 5.32 Å². The summed E-state index contributed by atoms with van der Waals surface area (Å²) in [6, 6.07) is 11.7. The summed E-state index contributed by atoms with van der Waals surface area (Å²) in [4.78, 5) is 31.5. The standard InChI is InChI=1S/C24H22Cl2FN3O2S/c25-18-4-2-1-3-17(18)12-22(31)30-9-7-16(8-10-30)24-29-21(14-33-24)23(32)28-13-15-5-6-20(27)19(26)11-15/h1-6,11,14,16H,7-10,12-13H2,(H,28,32). The number of likely N-dealkylation sites (tertiary alicyclic amines) is 1. The number of piperidine rings is 1. The molecule has 9 heteroatoms. The van der Waals surface area contributed by atoms with Crippen LogP contribution in [0.4, 0.5) is 4.39 Å². The lowest BCUT2D eigenvalue weighted by molar-refractivity contribution is -0.131. The van der Waals surface area contributed by atoms with E-state index in [-0.39, 0.29) is 29.3 Å². The highest BCUT2D eigenvalue weighted by atomic mass is 35.5. The molecule has 1 fully saturated rings. The van der Waals surface area contributed by atoms with Gasteiger partial charge in [0.15, 0.2) is 0 Å². The first kappa shape index (κ1) is 23.7. The van der Waals surface area contributed by atoms with E-state index in [0.717, 1.165) is 23.4 Å². The van der Waals surface area contributed by atoms with Gasteiger partial charge in [-0.2, -0.15) is 0 Å². The highest BCUT2D eigenvalue weighted by Crippen LogP contribution is 2.31. The zero-order valence-electron chi connectivity index (χ0n) is 17.7. The molecule has 33 heavy (non-hydrogen) atoms. The quantitative estimate of drug-likeness (QED) is 0.483. The second kappa shape index (κ2) is 10.6. The van der Waals surface area contributed by atoms with E-state index in [4.69, 9.17) is 23.2 Å². The van der Waals surface area contributed by atoms with Crippen LogP contribution in [0.1, 0.15) is 45.4 Å². The predicted octanol–water partition coefficient (Wildman–Crippen LogP) is 5.47. The molecule has 4 rings (SSSR count). The van der Waals surface area contributed by atoms with Gasteiger partial charge in [-0.15, -0.1) is 11.3 Å². The van der Waals surface area contributed by atoms with E-state index in [1.54, 1.807) is 17.5 Å². The molecular weight excluding hydrogens is 484 g/mol. The van der Waals surface area contributed by atoms with Crippen LogP contribution in [0, 0.1) is 5.82 Å². The Kier molecular flexibility index (Phi) is 7.63. The summed E-state index contributed by atoms with van der Waals surface area (Å²) in [6.07, 6.45) is 1.90. The number of carbonyl (C=O) groups is 2. The van der Waals surface area contributed by atoms with E-state index in [2.05, 4.69) is 10.3 Å². The Morgan fingerprint density at radius 3 is 2.61 bits per heavy atom. The summed E-state index contributed by atoms with van der Waals surface area (Å²) < 4.78 is 13.3. The lowest BCUT2D eigenvalue weighted by Crippen LogP contribution is -2.38. The van der Waals surface area contributed by atoms with Gasteiger partial charge in [0.2, 0.25) is 5.91 Å². The molecule has 2 heterocycles. The average Bonchev–Trinajstić information content (AvgIpc) is 3.32. The molecule has 0 aliphatic carbocycles. The molecule has 1 aromatic heterocycles. The van der Waals surface area contributed by atoms with Crippen molar-refractivity contribution in [2.75, 3.05) is 13.1 Å². The molecule has 3 aromatic rings. The number of rotatable bonds is 6. The Hall–Kier alpha value is -2.48. The van der Waals surface area contributed by atoms with Crippen LogP contribution >= 0.6 is 34.5 Å². The van der Waals surface area contributed by atoms with Gasteiger partial charge in [0.05, 0.1) is 16.5 Å². The van der Waals surface area contributed by atoms with Gasteiger partial charge in [-0.05, 0) is 42.2 Å². The number of benzene rings is 2. The normalized spacial score (nSPS) is 14.3. The topological polar surface area (TPSA) is 62.3 Å². The van der Waals surface area contributed by atoms with Crippen LogP contribution in [0.3, 0.4) is 0 Å². The monoisotopic (exact) mass is 505 g/mol. The molecule has 1 aliphatic heterocycles. The van der Waals surface area contributed by atoms with Crippen molar-refractivity contribution in [3.05, 3.63) is 85.5 Å². The first-order chi connectivity index (χ1) is 15.9. The summed E-state index contributed by atoms with van der Waals surface area (Å²) >= 11 is 13.4. The number of halogens is 3. The molecule has 1 N–H and O–H groups in total.